The van der Waals surface area contributed by atoms with Crippen LogP contribution >= 0.6 is 0 Å². The van der Waals surface area contributed by atoms with Crippen LogP contribution in [0.4, 0.5) is 0 Å². The molecule has 5 heteroatoms. The second kappa shape index (κ2) is 5.93. The Hall–Kier alpha value is -2.40. The Morgan fingerprint density at radius 1 is 1.29 bits per heavy atom. The molecule has 3 aromatic rings. The van der Waals surface area contributed by atoms with E-state index < -0.39 is 0 Å². The average molecular weight is 282 g/mol. The molecule has 0 atom stereocenters. The number of fused-ring (bicyclic) bond motifs is 1. The highest BCUT2D eigenvalue weighted by atomic mass is 16.5. The summed E-state index contributed by atoms with van der Waals surface area (Å²) in [4.78, 5) is 4.49. The van der Waals surface area contributed by atoms with E-state index in [1.807, 2.05) is 41.2 Å². The first-order valence-electron chi connectivity index (χ1n) is 7.09. The van der Waals surface area contributed by atoms with Crippen LogP contribution in [0.25, 0.3) is 10.8 Å². The number of benzene rings is 1. The van der Waals surface area contributed by atoms with Crippen LogP contribution in [0.1, 0.15) is 19.0 Å². The van der Waals surface area contributed by atoms with Gasteiger partial charge in [0.25, 0.3) is 0 Å². The number of aromatic nitrogens is 3. The van der Waals surface area contributed by atoms with Crippen molar-refractivity contribution in [2.45, 2.75) is 26.4 Å². The van der Waals surface area contributed by atoms with Crippen LogP contribution in [-0.4, -0.2) is 14.8 Å². The number of ether oxygens (including phenoxy) is 1. The van der Waals surface area contributed by atoms with E-state index in [4.69, 9.17) is 10.5 Å². The van der Waals surface area contributed by atoms with Crippen molar-refractivity contribution in [1.29, 1.82) is 0 Å². The maximum atomic E-state index is 5.91. The van der Waals surface area contributed by atoms with Crippen LogP contribution in [0.3, 0.4) is 0 Å². The van der Waals surface area contributed by atoms with Gasteiger partial charge in [0.2, 0.25) is 5.88 Å². The van der Waals surface area contributed by atoms with Crippen molar-refractivity contribution < 1.29 is 4.74 Å². The van der Waals surface area contributed by atoms with E-state index in [9.17, 15) is 0 Å². The fraction of sp³-hybridized carbons (Fsp3) is 0.250. The van der Waals surface area contributed by atoms with E-state index >= 15 is 0 Å². The molecule has 2 aromatic heterocycles. The highest BCUT2D eigenvalue weighted by Crippen LogP contribution is 2.28. The second-order valence-corrected chi connectivity index (χ2v) is 4.89. The number of rotatable bonds is 5. The highest BCUT2D eigenvalue weighted by Gasteiger charge is 2.09. The van der Waals surface area contributed by atoms with Crippen LogP contribution in [0.5, 0.6) is 11.6 Å². The summed E-state index contributed by atoms with van der Waals surface area (Å²) in [5.41, 5.74) is 6.52. The molecule has 0 radical (unpaired) electrons. The molecule has 21 heavy (non-hydrogen) atoms. The lowest BCUT2D eigenvalue weighted by Crippen LogP contribution is -2.01. The van der Waals surface area contributed by atoms with Crippen molar-refractivity contribution in [1.82, 2.24) is 14.8 Å². The van der Waals surface area contributed by atoms with Crippen molar-refractivity contribution in [2.24, 2.45) is 5.73 Å². The zero-order chi connectivity index (χ0) is 14.7. The third-order valence-electron chi connectivity index (χ3n) is 3.24. The fourth-order valence-corrected chi connectivity index (χ4v) is 2.26. The molecule has 108 valence electrons. The van der Waals surface area contributed by atoms with E-state index in [0.717, 1.165) is 29.4 Å². The van der Waals surface area contributed by atoms with E-state index in [-0.39, 0.29) is 0 Å². The molecule has 0 aliphatic carbocycles. The normalized spacial score (nSPS) is 11.0. The summed E-state index contributed by atoms with van der Waals surface area (Å²) in [5.74, 6) is 1.26. The number of nitrogens with zero attached hydrogens (tertiary/aromatic N) is 3. The number of aryl methyl sites for hydroxylation is 1. The molecular formula is C16H18N4O. The molecule has 3 rings (SSSR count). The quantitative estimate of drug-likeness (QED) is 0.781. The Labute approximate surface area is 123 Å². The zero-order valence-electron chi connectivity index (χ0n) is 12.0. The van der Waals surface area contributed by atoms with Gasteiger partial charge in [-0.05, 0) is 23.9 Å². The third kappa shape index (κ3) is 2.87. The van der Waals surface area contributed by atoms with Crippen molar-refractivity contribution in [3.8, 4) is 11.6 Å². The maximum absolute atomic E-state index is 5.91. The minimum atomic E-state index is 0.385. The van der Waals surface area contributed by atoms with Crippen LogP contribution in [0.15, 0.2) is 42.7 Å². The number of pyridine rings is 1. The minimum Gasteiger partial charge on any atom is -0.435 e. The average Bonchev–Trinajstić information content (AvgIpc) is 2.94. The molecule has 2 N–H and O–H groups in total. The lowest BCUT2D eigenvalue weighted by molar-refractivity contribution is 0.465. The Morgan fingerprint density at radius 3 is 2.95 bits per heavy atom. The van der Waals surface area contributed by atoms with E-state index in [1.54, 1.807) is 6.20 Å². The number of hydrogen-bond donors (Lipinski definition) is 1. The SMILES string of the molecule is CCCn1cc(Oc2nc(CN)cc3ccccc23)cn1. The summed E-state index contributed by atoms with van der Waals surface area (Å²) in [6.45, 7) is 3.37. The first-order chi connectivity index (χ1) is 10.3. The Kier molecular flexibility index (Phi) is 3.83. The molecule has 0 aliphatic rings. The Balaban J connectivity index is 1.98. The third-order valence-corrected chi connectivity index (χ3v) is 3.24. The summed E-state index contributed by atoms with van der Waals surface area (Å²) in [6.07, 6.45) is 4.63. The van der Waals surface area contributed by atoms with E-state index in [0.29, 0.717) is 18.2 Å². The molecule has 1 aromatic carbocycles. The van der Waals surface area contributed by atoms with Crippen molar-refractivity contribution in [3.63, 3.8) is 0 Å². The lowest BCUT2D eigenvalue weighted by Gasteiger charge is -2.08. The van der Waals surface area contributed by atoms with Gasteiger partial charge in [0, 0.05) is 18.5 Å². The molecule has 0 fully saturated rings. The largest absolute Gasteiger partial charge is 0.435 e. The predicted octanol–water partition coefficient (Wildman–Crippen LogP) is 3.09. The van der Waals surface area contributed by atoms with E-state index in [1.165, 1.54) is 0 Å². The van der Waals surface area contributed by atoms with Crippen molar-refractivity contribution in [3.05, 3.63) is 48.4 Å². The topological polar surface area (TPSA) is 66.0 Å². The van der Waals surface area contributed by atoms with Crippen molar-refractivity contribution >= 4 is 10.8 Å². The van der Waals surface area contributed by atoms with Gasteiger partial charge in [-0.15, -0.1) is 0 Å². The van der Waals surface area contributed by atoms with Gasteiger partial charge in [-0.2, -0.15) is 5.10 Å². The van der Waals surface area contributed by atoms with Gasteiger partial charge in [0.05, 0.1) is 18.1 Å². The zero-order valence-corrected chi connectivity index (χ0v) is 12.0. The van der Waals surface area contributed by atoms with Gasteiger partial charge in [-0.1, -0.05) is 25.1 Å². The van der Waals surface area contributed by atoms with Gasteiger partial charge in [-0.25, -0.2) is 4.98 Å². The molecule has 5 nitrogen and oxygen atoms in total. The number of hydrogen-bond acceptors (Lipinski definition) is 4. The number of nitrogens with two attached hydrogens (primary N) is 1. The van der Waals surface area contributed by atoms with Crippen LogP contribution in [0, 0.1) is 0 Å². The monoisotopic (exact) mass is 282 g/mol. The molecule has 0 amide bonds. The van der Waals surface area contributed by atoms with Gasteiger partial charge in [-0.3, -0.25) is 4.68 Å². The molecule has 0 saturated heterocycles. The fourth-order valence-electron chi connectivity index (χ4n) is 2.26. The molecule has 0 saturated carbocycles. The molecule has 0 aliphatic heterocycles. The first kappa shape index (κ1) is 13.6. The Bertz CT molecular complexity index is 751. The minimum absolute atomic E-state index is 0.385. The van der Waals surface area contributed by atoms with Crippen LogP contribution < -0.4 is 10.5 Å². The smallest absolute Gasteiger partial charge is 0.227 e. The van der Waals surface area contributed by atoms with Crippen LogP contribution in [-0.2, 0) is 13.1 Å². The molecule has 2 heterocycles. The molecule has 0 unspecified atom stereocenters. The summed E-state index contributed by atoms with van der Waals surface area (Å²) in [5, 5.41) is 6.31. The maximum Gasteiger partial charge on any atom is 0.227 e. The molecule has 0 bridgehead atoms. The van der Waals surface area contributed by atoms with Gasteiger partial charge < -0.3 is 10.5 Å². The van der Waals surface area contributed by atoms with Crippen molar-refractivity contribution in [2.75, 3.05) is 0 Å². The first-order valence-corrected chi connectivity index (χ1v) is 7.09. The Morgan fingerprint density at radius 2 is 2.14 bits per heavy atom. The summed E-state index contributed by atoms with van der Waals surface area (Å²) >= 11 is 0. The van der Waals surface area contributed by atoms with Gasteiger partial charge in [0.15, 0.2) is 5.75 Å². The lowest BCUT2D eigenvalue weighted by atomic mass is 10.1. The standard InChI is InChI=1S/C16H18N4O/c1-2-7-20-11-14(10-18-20)21-16-15-6-4-3-5-12(15)8-13(9-17)19-16/h3-6,8,10-11H,2,7,9,17H2,1H3. The summed E-state index contributed by atoms with van der Waals surface area (Å²) < 4.78 is 7.78. The van der Waals surface area contributed by atoms with E-state index in [2.05, 4.69) is 17.0 Å². The summed E-state index contributed by atoms with van der Waals surface area (Å²) in [6, 6.07) is 9.98. The summed E-state index contributed by atoms with van der Waals surface area (Å²) in [7, 11) is 0. The highest BCUT2D eigenvalue weighted by molar-refractivity contribution is 5.87. The molecule has 0 spiro atoms. The van der Waals surface area contributed by atoms with Crippen LogP contribution in [0.2, 0.25) is 0 Å². The predicted molar refractivity (Wildman–Crippen MR) is 82.2 cm³/mol. The second-order valence-electron chi connectivity index (χ2n) is 4.89. The van der Waals surface area contributed by atoms with Gasteiger partial charge >= 0.3 is 0 Å². The molecular weight excluding hydrogens is 264 g/mol. The van der Waals surface area contributed by atoms with Gasteiger partial charge in [0.1, 0.15) is 0 Å².